The number of nitrogens with one attached hydrogen (secondary N) is 1. The molecular formula is C29H32ClF4N7O2. The first-order valence-electron chi connectivity index (χ1n) is 14.5. The standard InChI is InChI=1S/C29H32ClF4N7O2/c1-14-7-20(37-25(35)24(14)43-27(33)34)21-19(30)8-18-23(22(21)32)38-28(39-26(18)40-11-16-3-4-17(12-40)36-16)42-13-29-5-2-6-41(29)10-15(31)9-29/h7-8,15-17,27,36H,2-6,9-13H2,1H3,(H2,35,37)/t15-,16?,17?,29+/m1/s1. The largest absolute Gasteiger partial charge is 0.461 e. The summed E-state index contributed by atoms with van der Waals surface area (Å²) in [5, 5.41) is 4.04. The number of pyridine rings is 1. The average molecular weight is 622 g/mol. The van der Waals surface area contributed by atoms with Gasteiger partial charge in [0.1, 0.15) is 24.1 Å². The summed E-state index contributed by atoms with van der Waals surface area (Å²) in [5.41, 5.74) is 5.67. The predicted octanol–water partition coefficient (Wildman–Crippen LogP) is 4.87. The maximum absolute atomic E-state index is 16.5. The van der Waals surface area contributed by atoms with Gasteiger partial charge in [0, 0.05) is 43.5 Å². The van der Waals surface area contributed by atoms with Gasteiger partial charge in [-0.05, 0) is 56.8 Å². The second-order valence-electron chi connectivity index (χ2n) is 12.1. The minimum Gasteiger partial charge on any atom is -0.461 e. The molecule has 0 spiro atoms. The lowest BCUT2D eigenvalue weighted by Crippen LogP contribution is -2.51. The van der Waals surface area contributed by atoms with Crippen LogP contribution in [-0.4, -0.2) is 83.0 Å². The van der Waals surface area contributed by atoms with Gasteiger partial charge < -0.3 is 25.4 Å². The van der Waals surface area contributed by atoms with Gasteiger partial charge in [-0.2, -0.15) is 18.7 Å². The number of aromatic nitrogens is 3. The van der Waals surface area contributed by atoms with Gasteiger partial charge >= 0.3 is 12.6 Å². The summed E-state index contributed by atoms with van der Waals surface area (Å²) < 4.78 is 67.4. The number of hydrogen-bond donors (Lipinski definition) is 2. The van der Waals surface area contributed by atoms with E-state index in [1.165, 1.54) is 13.0 Å². The van der Waals surface area contributed by atoms with Crippen LogP contribution < -0.4 is 25.4 Å². The SMILES string of the molecule is Cc1cc(-c2c(Cl)cc3c(N4CC5CCC(C4)N5)nc(OC[C@@]45CCCN4C[C@H](F)C5)nc3c2F)nc(N)c1OC(F)F. The smallest absolute Gasteiger partial charge is 0.387 e. The van der Waals surface area contributed by atoms with Gasteiger partial charge in [0.05, 0.1) is 21.8 Å². The van der Waals surface area contributed by atoms with Gasteiger partial charge in [-0.3, -0.25) is 4.90 Å². The molecule has 7 rings (SSSR count). The number of ether oxygens (including phenoxy) is 2. The van der Waals surface area contributed by atoms with E-state index in [9.17, 15) is 13.2 Å². The van der Waals surface area contributed by atoms with E-state index in [1.807, 2.05) is 0 Å². The normalized spacial score (nSPS) is 27.0. The van der Waals surface area contributed by atoms with Crippen molar-refractivity contribution >= 4 is 34.1 Å². The van der Waals surface area contributed by atoms with Gasteiger partial charge in [-0.1, -0.05) is 11.6 Å². The molecule has 0 radical (unpaired) electrons. The highest BCUT2D eigenvalue weighted by atomic mass is 35.5. The molecule has 14 heteroatoms. The molecule has 6 heterocycles. The number of nitrogen functional groups attached to an aromatic ring is 1. The molecule has 4 aliphatic heterocycles. The molecule has 3 aromatic rings. The molecule has 230 valence electrons. The summed E-state index contributed by atoms with van der Waals surface area (Å²) in [6.45, 7) is 1.14. The molecule has 3 N–H and O–H groups in total. The number of piperazine rings is 1. The number of aryl methyl sites for hydroxylation is 1. The number of nitrogens with two attached hydrogens (primary N) is 1. The zero-order valence-electron chi connectivity index (χ0n) is 23.6. The van der Waals surface area contributed by atoms with Gasteiger partial charge in [-0.15, -0.1) is 0 Å². The van der Waals surface area contributed by atoms with Crippen molar-refractivity contribution in [3.63, 3.8) is 0 Å². The fourth-order valence-electron chi connectivity index (χ4n) is 7.37. The van der Waals surface area contributed by atoms with Crippen LogP contribution in [0.2, 0.25) is 5.02 Å². The highest BCUT2D eigenvalue weighted by Gasteiger charge is 2.49. The number of nitrogens with zero attached hydrogens (tertiary/aromatic N) is 5. The number of halogens is 5. The van der Waals surface area contributed by atoms with Crippen molar-refractivity contribution < 1.29 is 27.0 Å². The molecule has 9 nitrogen and oxygen atoms in total. The highest BCUT2D eigenvalue weighted by Crippen LogP contribution is 2.43. The molecule has 4 saturated heterocycles. The van der Waals surface area contributed by atoms with Crippen molar-refractivity contribution in [1.29, 1.82) is 0 Å². The van der Waals surface area contributed by atoms with E-state index in [0.717, 1.165) is 32.2 Å². The van der Waals surface area contributed by atoms with E-state index in [0.29, 0.717) is 37.3 Å². The van der Waals surface area contributed by atoms with Crippen LogP contribution >= 0.6 is 11.6 Å². The van der Waals surface area contributed by atoms with Gasteiger partial charge in [0.25, 0.3) is 0 Å². The Hall–Kier alpha value is -3.16. The van der Waals surface area contributed by atoms with Crippen LogP contribution in [0.15, 0.2) is 12.1 Å². The second kappa shape index (κ2) is 10.8. The van der Waals surface area contributed by atoms with Crippen LogP contribution in [0.3, 0.4) is 0 Å². The van der Waals surface area contributed by atoms with Crippen molar-refractivity contribution in [2.75, 3.05) is 43.4 Å². The van der Waals surface area contributed by atoms with Crippen molar-refractivity contribution in [1.82, 2.24) is 25.2 Å². The summed E-state index contributed by atoms with van der Waals surface area (Å²) >= 11 is 6.68. The summed E-state index contributed by atoms with van der Waals surface area (Å²) in [4.78, 5) is 17.6. The van der Waals surface area contributed by atoms with Crippen LogP contribution in [0.1, 0.15) is 37.7 Å². The van der Waals surface area contributed by atoms with Gasteiger partial charge in [0.2, 0.25) is 0 Å². The maximum atomic E-state index is 16.5. The van der Waals surface area contributed by atoms with E-state index in [2.05, 4.69) is 29.8 Å². The first-order valence-corrected chi connectivity index (χ1v) is 14.9. The Morgan fingerprint density at radius 3 is 2.65 bits per heavy atom. The summed E-state index contributed by atoms with van der Waals surface area (Å²) in [6.07, 6.45) is 3.29. The molecule has 4 atom stereocenters. The minimum atomic E-state index is -3.10. The van der Waals surface area contributed by atoms with E-state index in [1.54, 1.807) is 6.07 Å². The van der Waals surface area contributed by atoms with E-state index in [4.69, 9.17) is 27.1 Å². The molecule has 2 bridgehead atoms. The number of benzene rings is 1. The molecule has 43 heavy (non-hydrogen) atoms. The lowest BCUT2D eigenvalue weighted by Gasteiger charge is -2.34. The Bertz CT molecular complexity index is 1550. The van der Waals surface area contributed by atoms with Crippen molar-refractivity contribution in [3.05, 3.63) is 28.5 Å². The highest BCUT2D eigenvalue weighted by molar-refractivity contribution is 6.34. The third kappa shape index (κ3) is 5.08. The van der Waals surface area contributed by atoms with Crippen molar-refractivity contribution in [2.45, 2.75) is 69.4 Å². The zero-order chi connectivity index (χ0) is 30.0. The molecule has 0 amide bonds. The van der Waals surface area contributed by atoms with E-state index < -0.39 is 24.1 Å². The van der Waals surface area contributed by atoms with Crippen LogP contribution in [0, 0.1) is 12.7 Å². The Kier molecular flexibility index (Phi) is 7.17. The van der Waals surface area contributed by atoms with Crippen molar-refractivity contribution in [3.8, 4) is 23.0 Å². The predicted molar refractivity (Wildman–Crippen MR) is 154 cm³/mol. The number of anilines is 2. The molecule has 0 aliphatic carbocycles. The molecule has 4 aliphatic rings. The Labute approximate surface area is 250 Å². The molecule has 0 saturated carbocycles. The van der Waals surface area contributed by atoms with Gasteiger partial charge in [0.15, 0.2) is 17.4 Å². The number of rotatable bonds is 7. The van der Waals surface area contributed by atoms with Crippen LogP contribution in [0.25, 0.3) is 22.2 Å². The number of fused-ring (bicyclic) bond motifs is 4. The van der Waals surface area contributed by atoms with Crippen LogP contribution in [-0.2, 0) is 0 Å². The molecule has 1 aromatic carbocycles. The third-order valence-corrected chi connectivity index (χ3v) is 9.54. The number of hydrogen-bond acceptors (Lipinski definition) is 9. The first kappa shape index (κ1) is 28.6. The van der Waals surface area contributed by atoms with Crippen LogP contribution in [0.5, 0.6) is 11.8 Å². The topological polar surface area (TPSA) is 102 Å². The Balaban J connectivity index is 1.32. The summed E-state index contributed by atoms with van der Waals surface area (Å²) in [6, 6.07) is 3.54. The maximum Gasteiger partial charge on any atom is 0.387 e. The van der Waals surface area contributed by atoms with E-state index in [-0.39, 0.29) is 63.6 Å². The fourth-order valence-corrected chi connectivity index (χ4v) is 7.66. The Morgan fingerprint density at radius 2 is 1.93 bits per heavy atom. The number of alkyl halides is 3. The zero-order valence-corrected chi connectivity index (χ0v) is 24.3. The Morgan fingerprint density at radius 1 is 1.16 bits per heavy atom. The van der Waals surface area contributed by atoms with Gasteiger partial charge in [-0.25, -0.2) is 13.8 Å². The average Bonchev–Trinajstić information content (AvgIpc) is 3.59. The monoisotopic (exact) mass is 621 g/mol. The van der Waals surface area contributed by atoms with Crippen molar-refractivity contribution in [2.24, 2.45) is 0 Å². The van der Waals surface area contributed by atoms with Crippen LogP contribution in [0.4, 0.5) is 29.2 Å². The summed E-state index contributed by atoms with van der Waals surface area (Å²) in [5.74, 6) is -0.871. The summed E-state index contributed by atoms with van der Waals surface area (Å²) in [7, 11) is 0. The second-order valence-corrected chi connectivity index (χ2v) is 12.5. The molecule has 2 aromatic heterocycles. The lowest BCUT2D eigenvalue weighted by molar-refractivity contribution is -0.0499. The first-order chi connectivity index (χ1) is 20.6. The van der Waals surface area contributed by atoms with E-state index >= 15 is 4.39 Å². The lowest BCUT2D eigenvalue weighted by atomic mass is 9.95. The fraction of sp³-hybridized carbons (Fsp3) is 0.552. The molecule has 2 unspecified atom stereocenters. The minimum absolute atomic E-state index is 0.00609. The quantitative estimate of drug-likeness (QED) is 0.358. The molecule has 4 fully saturated rings. The molecular weight excluding hydrogens is 590 g/mol. The third-order valence-electron chi connectivity index (χ3n) is 9.24.